The summed E-state index contributed by atoms with van der Waals surface area (Å²) in [6.07, 6.45) is 2.53. The summed E-state index contributed by atoms with van der Waals surface area (Å²) >= 11 is 1.36. The number of aryl methyl sites for hydroxylation is 1. The second kappa shape index (κ2) is 9.85. The van der Waals surface area contributed by atoms with Crippen LogP contribution in [-0.4, -0.2) is 17.9 Å². The topological polar surface area (TPSA) is 58.2 Å². The first-order valence-corrected chi connectivity index (χ1v) is 10.3. The van der Waals surface area contributed by atoms with Crippen molar-refractivity contribution in [3.05, 3.63) is 88.1 Å². The lowest BCUT2D eigenvalue weighted by Crippen LogP contribution is -2.45. The minimum absolute atomic E-state index is 0.225. The summed E-state index contributed by atoms with van der Waals surface area (Å²) in [5, 5.41) is 7.66. The van der Waals surface area contributed by atoms with Gasteiger partial charge in [-0.3, -0.25) is 9.59 Å². The van der Waals surface area contributed by atoms with Gasteiger partial charge in [0.1, 0.15) is 6.04 Å². The van der Waals surface area contributed by atoms with E-state index in [1.165, 1.54) is 16.9 Å². The van der Waals surface area contributed by atoms with Gasteiger partial charge in [-0.25, -0.2) is 0 Å². The highest BCUT2D eigenvalue weighted by Crippen LogP contribution is 2.14. The molecule has 1 atom stereocenters. The monoisotopic (exact) mass is 392 g/mol. The molecule has 3 aromatic rings. The molecule has 2 aromatic carbocycles. The molecular formula is C23H24N2O2S. The number of amides is 2. The fourth-order valence-corrected chi connectivity index (χ4v) is 3.60. The predicted octanol–water partition coefficient (Wildman–Crippen LogP) is 4.68. The number of hydrogen-bond acceptors (Lipinski definition) is 3. The van der Waals surface area contributed by atoms with E-state index in [1.807, 2.05) is 66.0 Å². The smallest absolute Gasteiger partial charge is 0.262 e. The summed E-state index contributed by atoms with van der Waals surface area (Å²) < 4.78 is 0. The molecular weight excluding hydrogens is 368 g/mol. The lowest BCUT2D eigenvalue weighted by molar-refractivity contribution is -0.118. The Bertz CT molecular complexity index is 890. The maximum Gasteiger partial charge on any atom is 0.262 e. The van der Waals surface area contributed by atoms with Gasteiger partial charge in [0.25, 0.3) is 5.91 Å². The third-order valence-corrected chi connectivity index (χ3v) is 5.28. The van der Waals surface area contributed by atoms with Crippen molar-refractivity contribution in [3.63, 3.8) is 0 Å². The number of carbonyl (C=O) groups is 2. The molecule has 2 amide bonds. The predicted molar refractivity (Wildman–Crippen MR) is 115 cm³/mol. The Labute approximate surface area is 169 Å². The summed E-state index contributed by atoms with van der Waals surface area (Å²) in [7, 11) is 0. The molecule has 1 heterocycles. The first-order chi connectivity index (χ1) is 13.7. The molecule has 0 spiro atoms. The van der Waals surface area contributed by atoms with Crippen molar-refractivity contribution in [2.75, 3.05) is 5.32 Å². The zero-order chi connectivity index (χ0) is 19.8. The summed E-state index contributed by atoms with van der Waals surface area (Å²) in [5.74, 6) is -0.457. The first-order valence-electron chi connectivity index (χ1n) is 9.44. The van der Waals surface area contributed by atoms with Gasteiger partial charge in [-0.15, -0.1) is 11.3 Å². The fourth-order valence-electron chi connectivity index (χ4n) is 2.97. The second-order valence-corrected chi connectivity index (χ2v) is 7.58. The van der Waals surface area contributed by atoms with E-state index in [0.717, 1.165) is 24.1 Å². The minimum Gasteiger partial charge on any atom is -0.339 e. The van der Waals surface area contributed by atoms with Crippen molar-refractivity contribution in [2.24, 2.45) is 0 Å². The number of thiophene rings is 1. The Kier molecular flexibility index (Phi) is 6.98. The zero-order valence-corrected chi connectivity index (χ0v) is 16.7. The fraction of sp³-hybridized carbons (Fsp3) is 0.217. The lowest BCUT2D eigenvalue weighted by atomic mass is 10.0. The second-order valence-electron chi connectivity index (χ2n) is 6.63. The Morgan fingerprint density at radius 3 is 2.32 bits per heavy atom. The van der Waals surface area contributed by atoms with Gasteiger partial charge in [0.05, 0.1) is 4.88 Å². The van der Waals surface area contributed by atoms with Gasteiger partial charge >= 0.3 is 0 Å². The van der Waals surface area contributed by atoms with Gasteiger partial charge in [0.2, 0.25) is 5.91 Å². The molecule has 4 nitrogen and oxygen atoms in total. The summed E-state index contributed by atoms with van der Waals surface area (Å²) in [5.41, 5.74) is 2.97. The van der Waals surface area contributed by atoms with Crippen LogP contribution in [0.1, 0.15) is 34.1 Å². The first kappa shape index (κ1) is 19.8. The van der Waals surface area contributed by atoms with Gasteiger partial charge in [0.15, 0.2) is 0 Å². The maximum absolute atomic E-state index is 12.9. The lowest BCUT2D eigenvalue weighted by Gasteiger charge is -2.18. The van der Waals surface area contributed by atoms with Crippen LogP contribution >= 0.6 is 11.3 Å². The minimum atomic E-state index is -0.660. The number of anilines is 1. The molecule has 5 heteroatoms. The van der Waals surface area contributed by atoms with Crippen molar-refractivity contribution in [1.29, 1.82) is 0 Å². The molecule has 144 valence electrons. The van der Waals surface area contributed by atoms with Crippen LogP contribution in [0, 0.1) is 0 Å². The Balaban J connectivity index is 1.72. The molecule has 0 saturated carbocycles. The average molecular weight is 393 g/mol. The van der Waals surface area contributed by atoms with Gasteiger partial charge in [0, 0.05) is 12.1 Å². The van der Waals surface area contributed by atoms with Gasteiger partial charge in [-0.1, -0.05) is 61.9 Å². The Morgan fingerprint density at radius 2 is 1.68 bits per heavy atom. The Morgan fingerprint density at radius 1 is 0.929 bits per heavy atom. The number of benzene rings is 2. The molecule has 0 unspecified atom stereocenters. The van der Waals surface area contributed by atoms with Gasteiger partial charge in [-0.2, -0.15) is 0 Å². The van der Waals surface area contributed by atoms with Crippen LogP contribution in [0.3, 0.4) is 0 Å². The molecule has 0 aliphatic rings. The van der Waals surface area contributed by atoms with Crippen LogP contribution in [0.25, 0.3) is 0 Å². The maximum atomic E-state index is 12.9. The van der Waals surface area contributed by atoms with E-state index < -0.39 is 6.04 Å². The summed E-state index contributed by atoms with van der Waals surface area (Å²) in [4.78, 5) is 26.0. The molecule has 0 bridgehead atoms. The number of nitrogens with one attached hydrogen (secondary N) is 2. The third kappa shape index (κ3) is 5.54. The van der Waals surface area contributed by atoms with Crippen LogP contribution in [0.2, 0.25) is 0 Å². The molecule has 28 heavy (non-hydrogen) atoms. The highest BCUT2D eigenvalue weighted by atomic mass is 32.1. The van der Waals surface area contributed by atoms with E-state index in [1.54, 1.807) is 6.07 Å². The van der Waals surface area contributed by atoms with E-state index in [4.69, 9.17) is 0 Å². The number of carbonyl (C=O) groups excluding carboxylic acids is 2. The van der Waals surface area contributed by atoms with Crippen LogP contribution < -0.4 is 10.6 Å². The van der Waals surface area contributed by atoms with E-state index >= 15 is 0 Å². The van der Waals surface area contributed by atoms with Crippen LogP contribution in [0.4, 0.5) is 5.69 Å². The zero-order valence-electron chi connectivity index (χ0n) is 15.9. The largest absolute Gasteiger partial charge is 0.339 e. The Hall–Kier alpha value is -2.92. The molecule has 3 rings (SSSR count). The highest BCUT2D eigenvalue weighted by Gasteiger charge is 2.22. The van der Waals surface area contributed by atoms with E-state index in [2.05, 4.69) is 17.6 Å². The van der Waals surface area contributed by atoms with Gasteiger partial charge in [-0.05, 0) is 41.1 Å². The number of hydrogen-bond donors (Lipinski definition) is 2. The van der Waals surface area contributed by atoms with E-state index in [9.17, 15) is 9.59 Å². The van der Waals surface area contributed by atoms with Crippen LogP contribution in [0.15, 0.2) is 72.1 Å². The number of rotatable bonds is 8. The quantitative estimate of drug-likeness (QED) is 0.585. The normalized spacial score (nSPS) is 11.6. The molecule has 0 aliphatic heterocycles. The van der Waals surface area contributed by atoms with Gasteiger partial charge < -0.3 is 10.6 Å². The van der Waals surface area contributed by atoms with Crippen molar-refractivity contribution in [3.8, 4) is 0 Å². The molecule has 0 aliphatic carbocycles. The third-order valence-electron chi connectivity index (χ3n) is 4.41. The molecule has 0 radical (unpaired) electrons. The summed E-state index contributed by atoms with van der Waals surface area (Å²) in [6.45, 7) is 2.14. The van der Waals surface area contributed by atoms with Crippen LogP contribution in [-0.2, 0) is 17.6 Å². The van der Waals surface area contributed by atoms with Crippen molar-refractivity contribution >= 4 is 28.8 Å². The highest BCUT2D eigenvalue weighted by molar-refractivity contribution is 7.12. The van der Waals surface area contributed by atoms with E-state index in [0.29, 0.717) is 11.3 Å². The molecule has 1 aromatic heterocycles. The van der Waals surface area contributed by atoms with Crippen molar-refractivity contribution in [2.45, 2.75) is 32.2 Å². The van der Waals surface area contributed by atoms with Crippen molar-refractivity contribution in [1.82, 2.24) is 5.32 Å². The summed E-state index contributed by atoms with van der Waals surface area (Å²) in [6, 6.07) is 20.5. The standard InChI is InChI=1S/C23H24N2O2S/c1-2-7-17-11-13-19(14-12-17)24-22(26)20(16-18-8-4-3-5-9-18)25-23(27)21-10-6-15-28-21/h3-6,8-15,20H,2,7,16H2,1H3,(H,24,26)(H,25,27)/t20-/m0/s1. The SMILES string of the molecule is CCCc1ccc(NC(=O)[C@H](Cc2ccccc2)NC(=O)c2cccs2)cc1. The van der Waals surface area contributed by atoms with Crippen LogP contribution in [0.5, 0.6) is 0 Å². The van der Waals surface area contributed by atoms with Crippen molar-refractivity contribution < 1.29 is 9.59 Å². The average Bonchev–Trinajstić information content (AvgIpc) is 3.25. The molecule has 0 saturated heterocycles. The molecule has 0 fully saturated rings. The molecule has 2 N–H and O–H groups in total. The van der Waals surface area contributed by atoms with E-state index in [-0.39, 0.29) is 11.8 Å².